The van der Waals surface area contributed by atoms with Crippen LogP contribution in [-0.2, 0) is 16.1 Å². The van der Waals surface area contributed by atoms with Gasteiger partial charge in [0.15, 0.2) is 11.6 Å². The van der Waals surface area contributed by atoms with Crippen LogP contribution in [0.25, 0.3) is 50.0 Å². The van der Waals surface area contributed by atoms with E-state index in [1.807, 2.05) is 91.5 Å². The van der Waals surface area contributed by atoms with E-state index in [0.717, 1.165) is 105 Å². The zero-order chi connectivity index (χ0) is 58.7. The Morgan fingerprint density at radius 1 is 0.915 bits per heavy atom. The van der Waals surface area contributed by atoms with Crippen LogP contribution >= 0.6 is 0 Å². The Morgan fingerprint density at radius 2 is 1.62 bits per heavy atom. The molecule has 3 aliphatic heterocycles. The molecule has 0 atom stereocenters. The van der Waals surface area contributed by atoms with Crippen LogP contribution in [0.5, 0.6) is 17.5 Å². The summed E-state index contributed by atoms with van der Waals surface area (Å²) < 4.78 is 23.2. The van der Waals surface area contributed by atoms with E-state index in [2.05, 4.69) is 89.9 Å². The van der Waals surface area contributed by atoms with Crippen LogP contribution in [0.1, 0.15) is 88.2 Å². The number of ether oxygens (including phenoxy) is 1. The first kappa shape index (κ1) is 62.0. The fraction of sp³-hybridized carbons (Fsp3) is 0.444. The molecule has 0 unspecified atom stereocenters. The minimum Gasteiger partial charge on any atom is -0.508 e. The first-order valence-electron chi connectivity index (χ1n) is 28.8. The molecular weight excluding hydrogens is 1040 g/mol. The van der Waals surface area contributed by atoms with Crippen LogP contribution in [0.2, 0.25) is 0 Å². The third-order valence-corrected chi connectivity index (χ3v) is 15.0. The third-order valence-electron chi connectivity index (χ3n) is 15.0. The van der Waals surface area contributed by atoms with E-state index in [9.17, 15) is 19.8 Å². The Bertz CT molecular complexity index is 3220. The van der Waals surface area contributed by atoms with Gasteiger partial charge < -0.3 is 46.0 Å². The third kappa shape index (κ3) is 15.7. The number of aromatic nitrogens is 6. The number of piperidine rings is 1. The van der Waals surface area contributed by atoms with E-state index in [-0.39, 0.29) is 40.6 Å². The van der Waals surface area contributed by atoms with Crippen LogP contribution in [0, 0.1) is 25.6 Å². The first-order chi connectivity index (χ1) is 39.7. The number of hydrogen-bond donors (Lipinski definition) is 5. The number of likely N-dealkylation sites (tertiary alicyclic amines) is 2. The zero-order valence-corrected chi connectivity index (χ0v) is 49.2. The molecule has 19 heteroatoms. The largest absolute Gasteiger partial charge is 0.508 e. The summed E-state index contributed by atoms with van der Waals surface area (Å²) in [6, 6.07) is 23.5. The fourth-order valence-corrected chi connectivity index (χ4v) is 10.6. The number of rotatable bonds is 16. The van der Waals surface area contributed by atoms with Crippen LogP contribution in [0.15, 0.2) is 91.1 Å². The lowest BCUT2D eigenvalue weighted by Gasteiger charge is -2.35. The zero-order valence-electron chi connectivity index (χ0n) is 49.2. The lowest BCUT2D eigenvalue weighted by atomic mass is 9.94. The number of aryl methyl sites for hydroxylation is 2. The number of carbonyl (C=O) groups is 2. The molecule has 18 nitrogen and oxygen atoms in total. The second kappa shape index (κ2) is 30.5. The van der Waals surface area contributed by atoms with Crippen LogP contribution < -0.4 is 26.0 Å². The Morgan fingerprint density at radius 3 is 2.23 bits per heavy atom. The smallest absolute Gasteiger partial charge is 0.318 e. The number of pyridine rings is 1. The average Bonchev–Trinajstić information content (AvgIpc) is 3.14. The van der Waals surface area contributed by atoms with E-state index in [1.54, 1.807) is 12.3 Å². The maximum absolute atomic E-state index is 16.0. The number of carbonyl (C=O) groups excluding carboxylic acids is 2. The van der Waals surface area contributed by atoms with Crippen LogP contribution in [-0.4, -0.2) is 160 Å². The van der Waals surface area contributed by atoms with Crippen molar-refractivity contribution in [1.29, 1.82) is 0 Å². The molecule has 0 aliphatic carbocycles. The van der Waals surface area contributed by atoms with Crippen molar-refractivity contribution in [3.8, 4) is 45.8 Å². The van der Waals surface area contributed by atoms with E-state index < -0.39 is 5.82 Å². The van der Waals surface area contributed by atoms with Crippen molar-refractivity contribution in [2.24, 2.45) is 11.7 Å². The Balaban J connectivity index is 0.000000200. The number of phenols is 2. The van der Waals surface area contributed by atoms with Crippen molar-refractivity contribution in [3.63, 3.8) is 0 Å². The van der Waals surface area contributed by atoms with Gasteiger partial charge in [0.25, 0.3) is 0 Å². The normalized spacial score (nSPS) is 14.9. The molecule has 6 N–H and O–H groups in total. The molecule has 3 saturated heterocycles. The van der Waals surface area contributed by atoms with Gasteiger partial charge in [-0.1, -0.05) is 81.5 Å². The van der Waals surface area contributed by atoms with Crippen molar-refractivity contribution in [3.05, 3.63) is 119 Å². The predicted octanol–water partition coefficient (Wildman–Crippen LogP) is 8.92. The summed E-state index contributed by atoms with van der Waals surface area (Å²) in [5.74, 6) is 1.91. The summed E-state index contributed by atoms with van der Waals surface area (Å²) in [7, 11) is 3.65. The molecule has 10 rings (SSSR count). The highest BCUT2D eigenvalue weighted by Gasteiger charge is 2.30. The quantitative estimate of drug-likeness (QED) is 0.0451. The number of anilines is 1. The number of nitrogens with two attached hydrogens (primary N) is 1. The summed E-state index contributed by atoms with van der Waals surface area (Å²) in [5, 5.41) is 37.8. The maximum Gasteiger partial charge on any atom is 0.318 e. The van der Waals surface area contributed by atoms with Crippen molar-refractivity contribution in [2.75, 3.05) is 97.6 Å². The van der Waals surface area contributed by atoms with E-state index >= 15 is 4.39 Å². The molecule has 0 radical (unpaired) electrons. The van der Waals surface area contributed by atoms with Gasteiger partial charge in [-0.05, 0) is 138 Å². The molecule has 7 aromatic rings. The van der Waals surface area contributed by atoms with Gasteiger partial charge in [-0.3, -0.25) is 24.0 Å². The highest BCUT2D eigenvalue weighted by atomic mass is 19.1. The average molecular weight is 1120 g/mol. The lowest BCUT2D eigenvalue weighted by molar-refractivity contribution is -0.137. The summed E-state index contributed by atoms with van der Waals surface area (Å²) in [6.45, 7) is 22.9. The Hall–Kier alpha value is -7.58. The molecule has 82 heavy (non-hydrogen) atoms. The van der Waals surface area contributed by atoms with Gasteiger partial charge in [0.1, 0.15) is 34.4 Å². The Kier molecular flexibility index (Phi) is 23.0. The van der Waals surface area contributed by atoms with Gasteiger partial charge in [-0.2, -0.15) is 9.97 Å². The number of aromatic hydroxyl groups is 2. The molecule has 0 saturated carbocycles. The van der Waals surface area contributed by atoms with E-state index in [4.69, 9.17) is 10.5 Å². The number of amides is 2. The van der Waals surface area contributed by atoms with Gasteiger partial charge in [0, 0.05) is 88.3 Å². The number of methoxy groups -OCH3 is 1. The fourth-order valence-electron chi connectivity index (χ4n) is 10.6. The highest BCUT2D eigenvalue weighted by molar-refractivity contribution is 6.00. The number of nitrogens with one attached hydrogen (secondary N) is 2. The lowest BCUT2D eigenvalue weighted by Crippen LogP contribution is -2.50. The number of allylic oxidation sites excluding steroid dienone is 1. The number of fused-ring (bicyclic) bond motifs is 2. The van der Waals surface area contributed by atoms with E-state index in [1.165, 1.54) is 44.7 Å². The second-order valence-electron chi connectivity index (χ2n) is 21.3. The minimum absolute atomic E-state index is 0.0315. The van der Waals surface area contributed by atoms with Crippen LogP contribution in [0.4, 0.5) is 10.2 Å². The van der Waals surface area contributed by atoms with Crippen molar-refractivity contribution in [1.82, 2.24) is 55.0 Å². The van der Waals surface area contributed by atoms with Gasteiger partial charge in [-0.15, -0.1) is 10.2 Å². The molecule has 3 aliphatic rings. The minimum atomic E-state index is -0.498. The summed E-state index contributed by atoms with van der Waals surface area (Å²) in [6.07, 6.45) is 12.0. The van der Waals surface area contributed by atoms with Gasteiger partial charge >= 0.3 is 6.01 Å². The molecule has 4 aromatic carbocycles. The van der Waals surface area contributed by atoms with Crippen molar-refractivity contribution < 1.29 is 28.9 Å². The van der Waals surface area contributed by atoms with E-state index in [0.29, 0.717) is 60.4 Å². The first-order valence-corrected chi connectivity index (χ1v) is 28.8. The molecule has 0 spiro atoms. The molecule has 0 bridgehead atoms. The number of benzene rings is 4. The van der Waals surface area contributed by atoms with Gasteiger partial charge in [0.05, 0.1) is 18.1 Å². The highest BCUT2D eigenvalue weighted by Crippen LogP contribution is 2.39. The van der Waals surface area contributed by atoms with Crippen LogP contribution in [0.3, 0.4) is 0 Å². The number of hydrogen-bond acceptors (Lipinski definition) is 15. The summed E-state index contributed by atoms with van der Waals surface area (Å²) in [5.41, 5.74) is 11.5. The van der Waals surface area contributed by atoms with Crippen molar-refractivity contribution in [2.45, 2.75) is 86.1 Å². The standard InChI is InChI=1S/C29H38N6O3.C26H28FN5O.C5H11N.C3H7NO/c1-19(2)24-16-25(27(37)17-26(24)36)28-32-31-20(3)35(28)23-6-4-21(5-7-23)18-33-12-8-22(9-13-33)29(38)34-14-10-30-11-15-34;1-4-5-6-14-32(15-13-28)25-20-16-29-23(22(27)24(20)30-26(31-25)33-3)19-12-8-11-18-10-7-9-17(2)21(18)19;1-6-4-2-3-5-6;1-2-4-3-5/h4-7,16-17,19,22,30,36-37H,8-15,18H2,1-3H3;5-12,16H,4,13-15,28H2,1-3H3;2-5H2,1H3;3H,2H2,1H3,(H,4,5)/b;6-5-;;. The number of halogens is 1. The Labute approximate surface area is 482 Å². The molecule has 438 valence electrons. The predicted molar refractivity (Wildman–Crippen MR) is 325 cm³/mol. The second-order valence-corrected chi connectivity index (χ2v) is 21.3. The maximum atomic E-state index is 16.0. The SMILES string of the molecule is CC/C=C\CN(CCN)c1nc(OC)nc2c(F)c(-c3cccc4cccc(C)c34)ncc12.CCNC=O.CN1CCCC1.Cc1nnc(-c2cc(C(C)C)c(O)cc2O)n1-c1ccc(CN2CCC(C(=O)N3CCNCC3)CC2)cc1. The molecule has 3 fully saturated rings. The number of phenolic OH excluding ortho intramolecular Hbond substituents is 2. The molecular formula is C63H84FN13O5. The monoisotopic (exact) mass is 1120 g/mol. The molecule has 6 heterocycles. The summed E-state index contributed by atoms with van der Waals surface area (Å²) >= 11 is 0. The summed E-state index contributed by atoms with van der Waals surface area (Å²) in [4.78, 5) is 44.4. The van der Waals surface area contributed by atoms with Gasteiger partial charge in [0.2, 0.25) is 12.3 Å². The topological polar surface area (TPSA) is 216 Å². The van der Waals surface area contributed by atoms with Gasteiger partial charge in [-0.25, -0.2) is 4.39 Å². The number of nitrogens with zero attached hydrogens (tertiary/aromatic N) is 10. The number of piperazine rings is 1. The van der Waals surface area contributed by atoms with Crippen molar-refractivity contribution >= 4 is 39.8 Å². The molecule has 2 amide bonds. The molecule has 3 aromatic heterocycles.